The maximum Gasteiger partial charge on any atom is 0.309 e. The molecule has 0 saturated heterocycles. The largest absolute Gasteiger partial charge is 0.396 e. The molecule has 0 spiro atoms. The van der Waals surface area contributed by atoms with Crippen molar-refractivity contribution >= 4 is 15.8 Å². The molecular formula is C10H15NO3S. The first kappa shape index (κ1) is 11.8. The van der Waals surface area contributed by atoms with Crippen molar-refractivity contribution in [1.82, 2.24) is 0 Å². The summed E-state index contributed by atoms with van der Waals surface area (Å²) in [6.45, 7) is 3.65. The lowest BCUT2D eigenvalue weighted by Gasteiger charge is -2.08. The van der Waals surface area contributed by atoms with Crippen molar-refractivity contribution in [2.75, 3.05) is 11.5 Å². The number of nitrogens with two attached hydrogens (primary N) is 1. The molecule has 5 heteroatoms. The van der Waals surface area contributed by atoms with Crippen molar-refractivity contribution in [3.05, 3.63) is 23.8 Å². The van der Waals surface area contributed by atoms with Gasteiger partial charge in [0.15, 0.2) is 5.75 Å². The molecule has 1 aromatic rings. The highest BCUT2D eigenvalue weighted by Crippen LogP contribution is 2.23. The van der Waals surface area contributed by atoms with E-state index in [-0.39, 0.29) is 11.5 Å². The van der Waals surface area contributed by atoms with E-state index in [1.165, 1.54) is 0 Å². The summed E-state index contributed by atoms with van der Waals surface area (Å²) in [5, 5.41) is 0. The Hall–Kier alpha value is -1.23. The van der Waals surface area contributed by atoms with Crippen LogP contribution in [0.2, 0.25) is 0 Å². The van der Waals surface area contributed by atoms with Crippen molar-refractivity contribution in [2.45, 2.75) is 20.3 Å². The van der Waals surface area contributed by atoms with Crippen LogP contribution in [-0.2, 0) is 10.1 Å². The molecule has 15 heavy (non-hydrogen) atoms. The monoisotopic (exact) mass is 229 g/mol. The molecule has 0 radical (unpaired) electrons. The number of hydrogen-bond acceptors (Lipinski definition) is 4. The second kappa shape index (κ2) is 4.53. The van der Waals surface area contributed by atoms with Crippen LogP contribution in [0.5, 0.6) is 5.75 Å². The van der Waals surface area contributed by atoms with Crippen molar-refractivity contribution < 1.29 is 12.6 Å². The average Bonchev–Trinajstić information content (AvgIpc) is 2.09. The Balaban J connectivity index is 2.90. The molecule has 0 bridgehead atoms. The van der Waals surface area contributed by atoms with E-state index in [4.69, 9.17) is 9.92 Å². The van der Waals surface area contributed by atoms with Gasteiger partial charge < -0.3 is 9.92 Å². The molecule has 0 unspecified atom stereocenters. The fourth-order valence-electron chi connectivity index (χ4n) is 1.17. The summed E-state index contributed by atoms with van der Waals surface area (Å²) in [5.41, 5.74) is 6.94. The normalized spacial score (nSPS) is 11.3. The van der Waals surface area contributed by atoms with Gasteiger partial charge in [-0.15, -0.1) is 0 Å². The van der Waals surface area contributed by atoms with Crippen LogP contribution >= 0.6 is 0 Å². The summed E-state index contributed by atoms with van der Waals surface area (Å²) >= 11 is 0. The highest BCUT2D eigenvalue weighted by molar-refractivity contribution is 7.87. The SMILES string of the molecule is CCCS(=O)(=O)Oc1ccc(C)cc1N. The molecule has 0 heterocycles. The van der Waals surface area contributed by atoms with Crippen LogP contribution in [0.4, 0.5) is 5.69 Å². The lowest BCUT2D eigenvalue weighted by Crippen LogP contribution is -2.14. The summed E-state index contributed by atoms with van der Waals surface area (Å²) in [6, 6.07) is 5.00. The maximum absolute atomic E-state index is 11.4. The lowest BCUT2D eigenvalue weighted by molar-refractivity contribution is 0.486. The zero-order chi connectivity index (χ0) is 11.5. The standard InChI is InChI=1S/C10H15NO3S/c1-3-6-15(12,13)14-10-5-4-8(2)7-9(10)11/h4-5,7H,3,6,11H2,1-2H3. The third kappa shape index (κ3) is 3.43. The van der Waals surface area contributed by atoms with Crippen LogP contribution < -0.4 is 9.92 Å². The van der Waals surface area contributed by atoms with E-state index < -0.39 is 10.1 Å². The Morgan fingerprint density at radius 1 is 1.40 bits per heavy atom. The Morgan fingerprint density at radius 3 is 2.60 bits per heavy atom. The van der Waals surface area contributed by atoms with Crippen molar-refractivity contribution in [3.63, 3.8) is 0 Å². The molecule has 0 saturated carbocycles. The molecule has 0 fully saturated rings. The molecule has 4 nitrogen and oxygen atoms in total. The molecule has 84 valence electrons. The molecule has 0 atom stereocenters. The minimum absolute atomic E-state index is 0.000314. The average molecular weight is 229 g/mol. The van der Waals surface area contributed by atoms with Crippen LogP contribution in [0, 0.1) is 6.92 Å². The van der Waals surface area contributed by atoms with Gasteiger partial charge in [0.2, 0.25) is 0 Å². The predicted molar refractivity (Wildman–Crippen MR) is 60.3 cm³/mol. The van der Waals surface area contributed by atoms with E-state index in [0.29, 0.717) is 12.1 Å². The Bertz CT molecular complexity index is 440. The fraction of sp³-hybridized carbons (Fsp3) is 0.400. The molecule has 0 amide bonds. The van der Waals surface area contributed by atoms with Crippen LogP contribution in [0.25, 0.3) is 0 Å². The number of hydrogen-bond donors (Lipinski definition) is 1. The first-order valence-corrected chi connectivity index (χ1v) is 6.30. The molecule has 1 rings (SSSR count). The third-order valence-electron chi connectivity index (χ3n) is 1.84. The van der Waals surface area contributed by atoms with Crippen molar-refractivity contribution in [3.8, 4) is 5.75 Å². The Kier molecular flexibility index (Phi) is 3.57. The van der Waals surface area contributed by atoms with Gasteiger partial charge in [0.05, 0.1) is 11.4 Å². The summed E-state index contributed by atoms with van der Waals surface area (Å²) < 4.78 is 27.6. The molecule has 1 aromatic carbocycles. The van der Waals surface area contributed by atoms with Crippen LogP contribution in [0.3, 0.4) is 0 Å². The Labute approximate surface area is 90.2 Å². The number of rotatable bonds is 4. The van der Waals surface area contributed by atoms with Gasteiger partial charge in [0, 0.05) is 0 Å². The molecule has 2 N–H and O–H groups in total. The maximum atomic E-state index is 11.4. The van der Waals surface area contributed by atoms with Crippen molar-refractivity contribution in [2.24, 2.45) is 0 Å². The minimum atomic E-state index is -3.50. The molecular weight excluding hydrogens is 214 g/mol. The van der Waals surface area contributed by atoms with E-state index in [1.54, 1.807) is 25.1 Å². The molecule has 0 aliphatic heterocycles. The van der Waals surface area contributed by atoms with Gasteiger partial charge in [-0.2, -0.15) is 8.42 Å². The van der Waals surface area contributed by atoms with Crippen LogP contribution in [-0.4, -0.2) is 14.2 Å². The van der Waals surface area contributed by atoms with Crippen molar-refractivity contribution in [1.29, 1.82) is 0 Å². The van der Waals surface area contributed by atoms with E-state index in [9.17, 15) is 8.42 Å². The number of nitrogen functional groups attached to an aromatic ring is 1. The zero-order valence-electron chi connectivity index (χ0n) is 8.86. The smallest absolute Gasteiger partial charge is 0.309 e. The fourth-order valence-corrected chi connectivity index (χ4v) is 2.18. The van der Waals surface area contributed by atoms with Gasteiger partial charge in [0.25, 0.3) is 0 Å². The first-order chi connectivity index (χ1) is 6.94. The Morgan fingerprint density at radius 2 is 2.07 bits per heavy atom. The summed E-state index contributed by atoms with van der Waals surface area (Å²) in [4.78, 5) is 0. The second-order valence-corrected chi connectivity index (χ2v) is 5.08. The lowest BCUT2D eigenvalue weighted by atomic mass is 10.2. The second-order valence-electron chi connectivity index (χ2n) is 3.39. The van der Waals surface area contributed by atoms with Gasteiger partial charge in [-0.25, -0.2) is 0 Å². The number of aryl methyl sites for hydroxylation is 1. The number of anilines is 1. The third-order valence-corrected chi connectivity index (χ3v) is 3.18. The summed E-state index contributed by atoms with van der Waals surface area (Å²) in [7, 11) is -3.50. The van der Waals surface area contributed by atoms with Crippen LogP contribution in [0.1, 0.15) is 18.9 Å². The molecule has 0 aliphatic rings. The first-order valence-electron chi connectivity index (χ1n) is 4.73. The molecule has 0 aromatic heterocycles. The van der Waals surface area contributed by atoms with Gasteiger partial charge in [0.1, 0.15) is 0 Å². The highest BCUT2D eigenvalue weighted by atomic mass is 32.2. The van der Waals surface area contributed by atoms with E-state index in [0.717, 1.165) is 5.56 Å². The summed E-state index contributed by atoms with van der Waals surface area (Å²) in [5.74, 6) is 0.203. The zero-order valence-corrected chi connectivity index (χ0v) is 9.67. The molecule has 0 aliphatic carbocycles. The minimum Gasteiger partial charge on any atom is -0.396 e. The summed E-state index contributed by atoms with van der Waals surface area (Å²) in [6.07, 6.45) is 0.522. The van der Waals surface area contributed by atoms with E-state index in [1.807, 2.05) is 6.92 Å². The topological polar surface area (TPSA) is 69.4 Å². The van der Waals surface area contributed by atoms with E-state index >= 15 is 0 Å². The quantitative estimate of drug-likeness (QED) is 0.630. The van der Waals surface area contributed by atoms with Gasteiger partial charge in [-0.3, -0.25) is 0 Å². The van der Waals surface area contributed by atoms with E-state index in [2.05, 4.69) is 0 Å². The number of benzene rings is 1. The predicted octanol–water partition coefficient (Wildman–Crippen LogP) is 1.70. The van der Waals surface area contributed by atoms with Gasteiger partial charge in [-0.1, -0.05) is 13.0 Å². The van der Waals surface area contributed by atoms with Crippen LogP contribution in [0.15, 0.2) is 18.2 Å². The highest BCUT2D eigenvalue weighted by Gasteiger charge is 2.12. The van der Waals surface area contributed by atoms with Gasteiger partial charge in [-0.05, 0) is 31.0 Å². The van der Waals surface area contributed by atoms with Gasteiger partial charge >= 0.3 is 10.1 Å².